The first-order chi connectivity index (χ1) is 25.0. The zero-order valence-corrected chi connectivity index (χ0v) is 34.7. The average Bonchev–Trinajstić information content (AvgIpc) is 3.09. The van der Waals surface area contributed by atoms with Crippen LogP contribution in [-0.2, 0) is 32.7 Å². The molecule has 0 saturated carbocycles. The Morgan fingerprint density at radius 3 is 1.63 bits per heavy atom. The van der Waals surface area contributed by atoms with Gasteiger partial charge in [0.2, 0.25) is 0 Å². The number of rotatable bonds is 36. The number of likely N-dealkylation sites (N-methyl/N-ethyl adjacent to an activating group) is 1. The average molecular weight is 755 g/mol. The number of phosphoric acid groups is 1. The second kappa shape index (κ2) is 34.7. The Kier molecular flexibility index (Phi) is 33.4. The lowest BCUT2D eigenvalue weighted by molar-refractivity contribution is -0.870. The Morgan fingerprint density at radius 1 is 0.615 bits per heavy atom. The van der Waals surface area contributed by atoms with E-state index in [1.54, 1.807) is 0 Å². The molecule has 9 nitrogen and oxygen atoms in total. The van der Waals surface area contributed by atoms with E-state index >= 15 is 0 Å². The molecule has 0 rings (SSSR count). The van der Waals surface area contributed by atoms with Gasteiger partial charge in [-0.1, -0.05) is 140 Å². The van der Waals surface area contributed by atoms with E-state index in [1.807, 2.05) is 21.1 Å². The molecular formula is C42H77NO8P+. The number of esters is 2. The van der Waals surface area contributed by atoms with Gasteiger partial charge in [0, 0.05) is 12.8 Å². The Balaban J connectivity index is 4.49. The molecule has 0 fully saturated rings. The molecule has 302 valence electrons. The third-order valence-electron chi connectivity index (χ3n) is 8.37. The third kappa shape index (κ3) is 37.7. The van der Waals surface area contributed by atoms with Crippen LogP contribution in [0.3, 0.4) is 0 Å². The zero-order valence-electron chi connectivity index (χ0n) is 33.8. The number of hydrogen-bond donors (Lipinski definition) is 1. The fourth-order valence-corrected chi connectivity index (χ4v) is 5.92. The first-order valence-corrected chi connectivity index (χ1v) is 21.9. The van der Waals surface area contributed by atoms with Gasteiger partial charge in [0.15, 0.2) is 6.10 Å². The number of carbonyl (C=O) groups is 2. The fraction of sp³-hybridized carbons (Fsp3) is 0.762. The van der Waals surface area contributed by atoms with Crippen LogP contribution in [0.15, 0.2) is 48.6 Å². The van der Waals surface area contributed by atoms with E-state index in [2.05, 4.69) is 62.5 Å². The summed E-state index contributed by atoms with van der Waals surface area (Å²) in [6, 6.07) is 0. The summed E-state index contributed by atoms with van der Waals surface area (Å²) in [5, 5.41) is 0. The summed E-state index contributed by atoms with van der Waals surface area (Å²) < 4.78 is 34.2. The van der Waals surface area contributed by atoms with Crippen LogP contribution in [0, 0.1) is 0 Å². The SMILES string of the molecule is CC/C=C/C/C=C/C/C=C/C/C=C/CCCCC(=O)O[C@H](COC(=O)CCCCCCCCCCCCCCC)COP(=O)(O)OCC[N+](C)(C)C. The minimum Gasteiger partial charge on any atom is -0.462 e. The smallest absolute Gasteiger partial charge is 0.462 e. The summed E-state index contributed by atoms with van der Waals surface area (Å²) in [6.45, 7) is 4.24. The molecule has 0 aromatic carbocycles. The second-order valence-electron chi connectivity index (χ2n) is 14.6. The number of unbranched alkanes of at least 4 members (excludes halogenated alkanes) is 14. The van der Waals surface area contributed by atoms with Gasteiger partial charge < -0.3 is 18.9 Å². The van der Waals surface area contributed by atoms with Gasteiger partial charge in [-0.05, 0) is 51.4 Å². The summed E-state index contributed by atoms with van der Waals surface area (Å²) in [5.74, 6) is -0.849. The van der Waals surface area contributed by atoms with E-state index in [4.69, 9.17) is 18.5 Å². The van der Waals surface area contributed by atoms with Crippen molar-refractivity contribution in [2.75, 3.05) is 47.5 Å². The monoisotopic (exact) mass is 755 g/mol. The molecule has 10 heteroatoms. The molecule has 0 heterocycles. The molecule has 0 amide bonds. The molecule has 0 aromatic heterocycles. The molecule has 2 atom stereocenters. The largest absolute Gasteiger partial charge is 0.472 e. The minimum atomic E-state index is -4.38. The molecule has 0 saturated heterocycles. The number of carbonyl (C=O) groups excluding carboxylic acids is 2. The summed E-state index contributed by atoms with van der Waals surface area (Å²) in [7, 11) is 1.44. The van der Waals surface area contributed by atoms with Crippen molar-refractivity contribution in [3.63, 3.8) is 0 Å². The number of hydrogen-bond acceptors (Lipinski definition) is 7. The Labute approximate surface area is 318 Å². The first kappa shape index (κ1) is 50.0. The van der Waals surface area contributed by atoms with Crippen molar-refractivity contribution in [1.29, 1.82) is 0 Å². The summed E-state index contributed by atoms with van der Waals surface area (Å²) in [6.07, 6.45) is 38.7. The maximum absolute atomic E-state index is 12.6. The van der Waals surface area contributed by atoms with Gasteiger partial charge in [-0.2, -0.15) is 0 Å². The standard InChI is InChI=1S/C42H76NO8P/c1-6-8-10-12-14-16-18-20-21-23-25-27-29-31-33-35-42(45)51-40(39-50-52(46,47)49-37-36-43(3,4)5)38-48-41(44)34-32-30-28-26-24-22-19-17-15-13-11-9-7-2/h8,10,14,16,20-21,25,27,40H,6-7,9,11-13,15,17-19,22-24,26,28-39H2,1-5H3/p+1/b10-8+,16-14+,21-20+,27-25+/t40-/m1/s1. The van der Waals surface area contributed by atoms with E-state index in [1.165, 1.54) is 64.2 Å². The molecule has 0 aliphatic carbocycles. The number of quaternary nitrogens is 1. The number of phosphoric ester groups is 1. The number of ether oxygens (including phenoxy) is 2. The van der Waals surface area contributed by atoms with Crippen molar-refractivity contribution in [1.82, 2.24) is 0 Å². The van der Waals surface area contributed by atoms with E-state index in [-0.39, 0.29) is 32.0 Å². The van der Waals surface area contributed by atoms with Crippen LogP contribution in [0.4, 0.5) is 0 Å². The highest BCUT2D eigenvalue weighted by atomic mass is 31.2. The van der Waals surface area contributed by atoms with E-state index in [0.717, 1.165) is 57.8 Å². The Hall–Kier alpha value is -2.03. The lowest BCUT2D eigenvalue weighted by Gasteiger charge is -2.24. The maximum Gasteiger partial charge on any atom is 0.472 e. The zero-order chi connectivity index (χ0) is 38.6. The molecular weight excluding hydrogens is 677 g/mol. The van der Waals surface area contributed by atoms with Crippen LogP contribution in [0.5, 0.6) is 0 Å². The van der Waals surface area contributed by atoms with E-state index in [9.17, 15) is 19.0 Å². The van der Waals surface area contributed by atoms with Crippen molar-refractivity contribution in [3.05, 3.63) is 48.6 Å². The molecule has 0 radical (unpaired) electrons. The lowest BCUT2D eigenvalue weighted by Crippen LogP contribution is -2.37. The van der Waals surface area contributed by atoms with Crippen molar-refractivity contribution in [3.8, 4) is 0 Å². The van der Waals surface area contributed by atoms with Crippen molar-refractivity contribution < 1.29 is 42.1 Å². The predicted molar refractivity (Wildman–Crippen MR) is 215 cm³/mol. The summed E-state index contributed by atoms with van der Waals surface area (Å²) >= 11 is 0. The van der Waals surface area contributed by atoms with Gasteiger partial charge in [-0.15, -0.1) is 0 Å². The second-order valence-corrected chi connectivity index (χ2v) is 16.1. The minimum absolute atomic E-state index is 0.0229. The highest BCUT2D eigenvalue weighted by molar-refractivity contribution is 7.47. The Morgan fingerprint density at radius 2 is 1.10 bits per heavy atom. The maximum atomic E-state index is 12.6. The molecule has 0 spiro atoms. The quantitative estimate of drug-likeness (QED) is 0.0221. The third-order valence-corrected chi connectivity index (χ3v) is 9.36. The van der Waals surface area contributed by atoms with Gasteiger partial charge in [-0.25, -0.2) is 4.57 Å². The van der Waals surface area contributed by atoms with Gasteiger partial charge >= 0.3 is 19.8 Å². The van der Waals surface area contributed by atoms with E-state index < -0.39 is 26.5 Å². The van der Waals surface area contributed by atoms with Crippen LogP contribution in [0.25, 0.3) is 0 Å². The van der Waals surface area contributed by atoms with Gasteiger partial charge in [-0.3, -0.25) is 18.6 Å². The van der Waals surface area contributed by atoms with Crippen LogP contribution >= 0.6 is 7.82 Å². The highest BCUT2D eigenvalue weighted by Crippen LogP contribution is 2.43. The normalized spacial score (nSPS) is 14.2. The molecule has 0 aliphatic rings. The molecule has 0 aliphatic heterocycles. The number of nitrogens with zero attached hydrogens (tertiary/aromatic N) is 1. The fourth-order valence-electron chi connectivity index (χ4n) is 5.18. The topological polar surface area (TPSA) is 108 Å². The van der Waals surface area contributed by atoms with Gasteiger partial charge in [0.25, 0.3) is 0 Å². The predicted octanol–water partition coefficient (Wildman–Crippen LogP) is 11.1. The van der Waals surface area contributed by atoms with Crippen LogP contribution < -0.4 is 0 Å². The Bertz CT molecular complexity index is 1030. The molecule has 1 unspecified atom stereocenters. The highest BCUT2D eigenvalue weighted by Gasteiger charge is 2.27. The van der Waals surface area contributed by atoms with Crippen LogP contribution in [-0.4, -0.2) is 74.9 Å². The van der Waals surface area contributed by atoms with Crippen LogP contribution in [0.2, 0.25) is 0 Å². The lowest BCUT2D eigenvalue weighted by atomic mass is 10.0. The first-order valence-electron chi connectivity index (χ1n) is 20.4. The molecule has 1 N–H and O–H groups in total. The molecule has 52 heavy (non-hydrogen) atoms. The van der Waals surface area contributed by atoms with Crippen molar-refractivity contribution in [2.24, 2.45) is 0 Å². The van der Waals surface area contributed by atoms with Crippen molar-refractivity contribution >= 4 is 19.8 Å². The van der Waals surface area contributed by atoms with Crippen LogP contribution in [0.1, 0.15) is 155 Å². The van der Waals surface area contributed by atoms with Gasteiger partial charge in [0.05, 0.1) is 27.7 Å². The van der Waals surface area contributed by atoms with Crippen molar-refractivity contribution in [2.45, 2.75) is 161 Å². The summed E-state index contributed by atoms with van der Waals surface area (Å²) in [5.41, 5.74) is 0. The molecule has 0 bridgehead atoms. The van der Waals surface area contributed by atoms with Gasteiger partial charge in [0.1, 0.15) is 19.8 Å². The summed E-state index contributed by atoms with van der Waals surface area (Å²) in [4.78, 5) is 35.2. The van der Waals surface area contributed by atoms with E-state index in [0.29, 0.717) is 17.4 Å². The molecule has 0 aromatic rings. The number of allylic oxidation sites excluding steroid dienone is 8.